The molecule has 1 aromatic carbocycles. The third-order valence-electron chi connectivity index (χ3n) is 2.81. The molecule has 3 heteroatoms. The van der Waals surface area contributed by atoms with E-state index in [2.05, 4.69) is 34.4 Å². The molecular formula is C11H13N3. The number of hydrogen-bond donors (Lipinski definition) is 0. The van der Waals surface area contributed by atoms with Crippen LogP contribution in [0.25, 0.3) is 10.9 Å². The zero-order valence-electron chi connectivity index (χ0n) is 8.06. The van der Waals surface area contributed by atoms with Crippen molar-refractivity contribution >= 4 is 10.9 Å². The molecule has 1 aliphatic rings. The quantitative estimate of drug-likeness (QED) is 0.678. The first kappa shape index (κ1) is 7.85. The molecule has 2 aromatic rings. The summed E-state index contributed by atoms with van der Waals surface area (Å²) >= 11 is 0. The molecule has 0 aliphatic carbocycles. The Kier molecular flexibility index (Phi) is 1.69. The van der Waals surface area contributed by atoms with Crippen LogP contribution in [-0.2, 0) is 0 Å². The molecule has 1 fully saturated rings. The van der Waals surface area contributed by atoms with Gasteiger partial charge < -0.3 is 0 Å². The predicted octanol–water partition coefficient (Wildman–Crippen LogP) is 1.77. The summed E-state index contributed by atoms with van der Waals surface area (Å²) in [6.07, 6.45) is 4.51. The topological polar surface area (TPSA) is 21.1 Å². The Hall–Kier alpha value is -1.51. The Morgan fingerprint density at radius 3 is 2.71 bits per heavy atom. The molecule has 0 unspecified atom stereocenters. The normalized spacial score (nSPS) is 16.7. The highest BCUT2D eigenvalue weighted by Gasteiger charge is 2.14. The number of fused-ring (bicyclic) bond motifs is 1. The molecule has 3 nitrogen and oxygen atoms in total. The fourth-order valence-electron chi connectivity index (χ4n) is 2.07. The van der Waals surface area contributed by atoms with Crippen LogP contribution in [0.1, 0.15) is 12.8 Å². The van der Waals surface area contributed by atoms with Crippen molar-refractivity contribution < 1.29 is 0 Å². The molecule has 1 aliphatic heterocycles. The van der Waals surface area contributed by atoms with Crippen LogP contribution in [0.15, 0.2) is 30.5 Å². The Labute approximate surface area is 82.9 Å². The average molecular weight is 187 g/mol. The highest BCUT2D eigenvalue weighted by molar-refractivity contribution is 5.78. The molecule has 0 saturated carbocycles. The molecule has 1 saturated heterocycles. The lowest BCUT2D eigenvalue weighted by molar-refractivity contribution is 0.608. The van der Waals surface area contributed by atoms with Gasteiger partial charge in [0.05, 0.1) is 11.7 Å². The van der Waals surface area contributed by atoms with Crippen molar-refractivity contribution in [3.63, 3.8) is 0 Å². The van der Waals surface area contributed by atoms with E-state index in [1.54, 1.807) is 0 Å². The SMILES string of the molecule is c1ccc2c(c1)cnn2N1CCCC1. The Morgan fingerprint density at radius 2 is 1.86 bits per heavy atom. The van der Waals surface area contributed by atoms with Crippen LogP contribution < -0.4 is 5.01 Å². The molecule has 1 aromatic heterocycles. The van der Waals surface area contributed by atoms with Crippen LogP contribution in [0.4, 0.5) is 0 Å². The first-order chi connectivity index (χ1) is 6.95. The zero-order chi connectivity index (χ0) is 9.38. The standard InChI is InChI=1S/C11H13N3/c1-2-6-11-10(5-1)9-12-14(11)13-7-3-4-8-13/h1-2,5-6,9H,3-4,7-8H2. The summed E-state index contributed by atoms with van der Waals surface area (Å²) in [5, 5.41) is 7.95. The van der Waals surface area contributed by atoms with Gasteiger partial charge in [-0.2, -0.15) is 9.89 Å². The minimum atomic E-state index is 1.13. The second-order valence-electron chi connectivity index (χ2n) is 3.75. The number of aromatic nitrogens is 2. The number of para-hydroxylation sites is 1. The number of benzene rings is 1. The molecule has 3 rings (SSSR count). The third-order valence-corrected chi connectivity index (χ3v) is 2.81. The van der Waals surface area contributed by atoms with Gasteiger partial charge in [-0.05, 0) is 18.9 Å². The van der Waals surface area contributed by atoms with Crippen molar-refractivity contribution in [1.82, 2.24) is 9.89 Å². The van der Waals surface area contributed by atoms with E-state index in [9.17, 15) is 0 Å². The first-order valence-corrected chi connectivity index (χ1v) is 5.13. The van der Waals surface area contributed by atoms with Gasteiger partial charge in [-0.3, -0.25) is 5.01 Å². The van der Waals surface area contributed by atoms with Crippen LogP contribution in [-0.4, -0.2) is 23.0 Å². The summed E-state index contributed by atoms with van der Waals surface area (Å²) in [7, 11) is 0. The van der Waals surface area contributed by atoms with Crippen molar-refractivity contribution in [3.05, 3.63) is 30.5 Å². The van der Waals surface area contributed by atoms with Crippen molar-refractivity contribution in [2.24, 2.45) is 0 Å². The minimum absolute atomic E-state index is 1.13. The number of hydrogen-bond acceptors (Lipinski definition) is 2. The molecule has 0 bridgehead atoms. The number of nitrogens with zero attached hydrogens (tertiary/aromatic N) is 3. The maximum Gasteiger partial charge on any atom is 0.0920 e. The van der Waals surface area contributed by atoms with Crippen LogP contribution >= 0.6 is 0 Å². The minimum Gasteiger partial charge on any atom is -0.296 e. The Morgan fingerprint density at radius 1 is 1.07 bits per heavy atom. The molecule has 14 heavy (non-hydrogen) atoms. The zero-order valence-corrected chi connectivity index (χ0v) is 8.06. The van der Waals surface area contributed by atoms with Gasteiger partial charge in [-0.1, -0.05) is 18.2 Å². The van der Waals surface area contributed by atoms with Crippen molar-refractivity contribution in [1.29, 1.82) is 0 Å². The van der Waals surface area contributed by atoms with Gasteiger partial charge in [0.15, 0.2) is 0 Å². The predicted molar refractivity (Wildman–Crippen MR) is 56.9 cm³/mol. The molecule has 0 N–H and O–H groups in total. The van der Waals surface area contributed by atoms with E-state index in [-0.39, 0.29) is 0 Å². The van der Waals surface area contributed by atoms with E-state index in [0.29, 0.717) is 0 Å². The Balaban J connectivity index is 2.11. The van der Waals surface area contributed by atoms with Crippen LogP contribution in [0, 0.1) is 0 Å². The van der Waals surface area contributed by atoms with E-state index in [1.807, 2.05) is 11.0 Å². The maximum atomic E-state index is 4.42. The second kappa shape index (κ2) is 3.01. The third kappa shape index (κ3) is 1.09. The van der Waals surface area contributed by atoms with Crippen LogP contribution in [0.2, 0.25) is 0 Å². The smallest absolute Gasteiger partial charge is 0.0920 e. The van der Waals surface area contributed by atoms with Gasteiger partial charge >= 0.3 is 0 Å². The lowest BCUT2D eigenvalue weighted by atomic mass is 10.3. The molecular weight excluding hydrogens is 174 g/mol. The van der Waals surface area contributed by atoms with Gasteiger partial charge in [0, 0.05) is 18.5 Å². The summed E-state index contributed by atoms with van der Waals surface area (Å²) < 4.78 is 0. The highest BCUT2D eigenvalue weighted by Crippen LogP contribution is 2.15. The second-order valence-corrected chi connectivity index (χ2v) is 3.75. The largest absolute Gasteiger partial charge is 0.296 e. The molecule has 2 heterocycles. The first-order valence-electron chi connectivity index (χ1n) is 5.13. The van der Waals surface area contributed by atoms with Gasteiger partial charge in [0.25, 0.3) is 0 Å². The lowest BCUT2D eigenvalue weighted by Crippen LogP contribution is -2.31. The Bertz CT molecular complexity index is 440. The fourth-order valence-corrected chi connectivity index (χ4v) is 2.07. The van der Waals surface area contributed by atoms with Crippen molar-refractivity contribution in [3.8, 4) is 0 Å². The summed E-state index contributed by atoms with van der Waals surface area (Å²) in [5.41, 5.74) is 1.22. The van der Waals surface area contributed by atoms with Crippen LogP contribution in [0.3, 0.4) is 0 Å². The monoisotopic (exact) mass is 187 g/mol. The van der Waals surface area contributed by atoms with Gasteiger partial charge in [0.1, 0.15) is 0 Å². The van der Waals surface area contributed by atoms with Gasteiger partial charge in [-0.25, -0.2) is 0 Å². The number of rotatable bonds is 1. The summed E-state index contributed by atoms with van der Waals surface area (Å²) in [4.78, 5) is 2.04. The lowest BCUT2D eigenvalue weighted by Gasteiger charge is -2.18. The summed E-state index contributed by atoms with van der Waals surface area (Å²) in [6, 6.07) is 8.35. The molecule has 0 radical (unpaired) electrons. The molecule has 0 atom stereocenters. The average Bonchev–Trinajstić information content (AvgIpc) is 2.85. The maximum absolute atomic E-state index is 4.42. The van der Waals surface area contributed by atoms with Crippen LogP contribution in [0.5, 0.6) is 0 Å². The van der Waals surface area contributed by atoms with E-state index in [0.717, 1.165) is 13.1 Å². The highest BCUT2D eigenvalue weighted by atomic mass is 15.7. The molecule has 0 amide bonds. The van der Waals surface area contributed by atoms with E-state index >= 15 is 0 Å². The van der Waals surface area contributed by atoms with Gasteiger partial charge in [0.2, 0.25) is 0 Å². The van der Waals surface area contributed by atoms with Crippen molar-refractivity contribution in [2.75, 3.05) is 18.1 Å². The molecule has 72 valence electrons. The van der Waals surface area contributed by atoms with Gasteiger partial charge in [-0.15, -0.1) is 0 Å². The van der Waals surface area contributed by atoms with E-state index in [1.165, 1.54) is 23.7 Å². The van der Waals surface area contributed by atoms with E-state index < -0.39 is 0 Å². The summed E-state index contributed by atoms with van der Waals surface area (Å²) in [6.45, 7) is 2.26. The molecule has 0 spiro atoms. The van der Waals surface area contributed by atoms with Crippen molar-refractivity contribution in [2.45, 2.75) is 12.8 Å². The fraction of sp³-hybridized carbons (Fsp3) is 0.364. The summed E-state index contributed by atoms with van der Waals surface area (Å²) in [5.74, 6) is 0. The van der Waals surface area contributed by atoms with E-state index in [4.69, 9.17) is 0 Å².